The van der Waals surface area contributed by atoms with Gasteiger partial charge in [0.15, 0.2) is 6.10 Å². The second kappa shape index (κ2) is 7.53. The molecule has 0 aromatic heterocycles. The van der Waals surface area contributed by atoms with Gasteiger partial charge in [-0.05, 0) is 32.4 Å². The molecule has 0 spiro atoms. The average Bonchev–Trinajstić information content (AvgIpc) is 2.41. The van der Waals surface area contributed by atoms with E-state index in [1.807, 2.05) is 19.9 Å². The molecule has 1 amide bonds. The molecular formula is C15H22N2O3. The molecule has 0 aliphatic heterocycles. The first-order chi connectivity index (χ1) is 9.45. The van der Waals surface area contributed by atoms with Crippen molar-refractivity contribution in [3.8, 4) is 0 Å². The fourth-order valence-electron chi connectivity index (χ4n) is 1.66. The first-order valence-electron chi connectivity index (χ1n) is 6.80. The van der Waals surface area contributed by atoms with Crippen molar-refractivity contribution in [3.05, 3.63) is 29.3 Å². The third-order valence-electron chi connectivity index (χ3n) is 2.91. The van der Waals surface area contributed by atoms with Gasteiger partial charge >= 0.3 is 5.97 Å². The maximum atomic E-state index is 12.0. The minimum atomic E-state index is -0.834. The number of unbranched alkanes of at least 4 members (excludes halogenated alkanes) is 1. The van der Waals surface area contributed by atoms with Gasteiger partial charge in [0.25, 0.3) is 5.91 Å². The van der Waals surface area contributed by atoms with E-state index in [-0.39, 0.29) is 5.91 Å². The van der Waals surface area contributed by atoms with Crippen molar-refractivity contribution in [2.24, 2.45) is 0 Å². The topological polar surface area (TPSA) is 81.4 Å². The Morgan fingerprint density at radius 1 is 1.40 bits per heavy atom. The number of benzene rings is 1. The van der Waals surface area contributed by atoms with Crippen LogP contribution >= 0.6 is 0 Å². The normalized spacial score (nSPS) is 11.8. The Kier molecular flexibility index (Phi) is 6.03. The number of rotatable bonds is 6. The molecule has 0 heterocycles. The van der Waals surface area contributed by atoms with Gasteiger partial charge in [0, 0.05) is 12.2 Å². The summed E-state index contributed by atoms with van der Waals surface area (Å²) in [5, 5.41) is 2.72. The molecule has 0 aliphatic rings. The molecule has 0 saturated heterocycles. The van der Waals surface area contributed by atoms with E-state index in [0.29, 0.717) is 17.8 Å². The first kappa shape index (κ1) is 16.0. The van der Waals surface area contributed by atoms with E-state index in [1.54, 1.807) is 19.1 Å². The van der Waals surface area contributed by atoms with Crippen LogP contribution in [0.1, 0.15) is 42.6 Å². The summed E-state index contributed by atoms with van der Waals surface area (Å²) in [5.74, 6) is -0.873. The molecule has 1 atom stereocenters. The number of anilines is 1. The zero-order chi connectivity index (χ0) is 15.1. The van der Waals surface area contributed by atoms with E-state index in [1.165, 1.54) is 0 Å². The van der Waals surface area contributed by atoms with Gasteiger partial charge in [-0.15, -0.1) is 0 Å². The second-order valence-corrected chi connectivity index (χ2v) is 4.78. The first-order valence-corrected chi connectivity index (χ1v) is 6.80. The highest BCUT2D eigenvalue weighted by molar-refractivity contribution is 5.96. The Hall–Kier alpha value is -2.04. The molecule has 0 radical (unpaired) electrons. The van der Waals surface area contributed by atoms with E-state index in [0.717, 1.165) is 18.4 Å². The second-order valence-electron chi connectivity index (χ2n) is 4.78. The van der Waals surface area contributed by atoms with Crippen molar-refractivity contribution in [3.63, 3.8) is 0 Å². The standard InChI is InChI=1S/C15H22N2O3/c1-4-5-8-17-14(18)11(3)20-15(19)12-9-10(2)6-7-13(12)16/h6-7,9,11H,4-5,8,16H2,1-3H3,(H,17,18). The molecule has 110 valence electrons. The number of esters is 1. The van der Waals surface area contributed by atoms with Gasteiger partial charge < -0.3 is 15.8 Å². The molecule has 1 unspecified atom stereocenters. The SMILES string of the molecule is CCCCNC(=O)C(C)OC(=O)c1cc(C)ccc1N. The Labute approximate surface area is 119 Å². The number of carbonyl (C=O) groups is 2. The maximum absolute atomic E-state index is 12.0. The van der Waals surface area contributed by atoms with E-state index in [9.17, 15) is 9.59 Å². The molecule has 5 nitrogen and oxygen atoms in total. The van der Waals surface area contributed by atoms with E-state index in [2.05, 4.69) is 5.32 Å². The summed E-state index contributed by atoms with van der Waals surface area (Å²) in [4.78, 5) is 23.7. The van der Waals surface area contributed by atoms with E-state index in [4.69, 9.17) is 10.5 Å². The summed E-state index contributed by atoms with van der Waals surface area (Å²) in [7, 11) is 0. The van der Waals surface area contributed by atoms with Crippen molar-refractivity contribution < 1.29 is 14.3 Å². The van der Waals surface area contributed by atoms with Crippen molar-refractivity contribution in [2.45, 2.75) is 39.7 Å². The minimum Gasteiger partial charge on any atom is -0.449 e. The fourth-order valence-corrected chi connectivity index (χ4v) is 1.66. The van der Waals surface area contributed by atoms with Crippen LogP contribution in [0.15, 0.2) is 18.2 Å². The zero-order valence-corrected chi connectivity index (χ0v) is 12.2. The van der Waals surface area contributed by atoms with Crippen LogP contribution in [0.4, 0.5) is 5.69 Å². The summed E-state index contributed by atoms with van der Waals surface area (Å²) < 4.78 is 5.13. The highest BCUT2D eigenvalue weighted by atomic mass is 16.5. The highest BCUT2D eigenvalue weighted by Crippen LogP contribution is 2.15. The Balaban J connectivity index is 2.61. The van der Waals surface area contributed by atoms with E-state index >= 15 is 0 Å². The van der Waals surface area contributed by atoms with E-state index < -0.39 is 12.1 Å². The average molecular weight is 278 g/mol. The molecule has 1 aromatic rings. The van der Waals surface area contributed by atoms with Gasteiger partial charge in [-0.25, -0.2) is 4.79 Å². The van der Waals surface area contributed by atoms with Crippen LogP contribution in [0.2, 0.25) is 0 Å². The van der Waals surface area contributed by atoms with Gasteiger partial charge in [0.1, 0.15) is 0 Å². The van der Waals surface area contributed by atoms with Crippen LogP contribution in [0.25, 0.3) is 0 Å². The third kappa shape index (κ3) is 4.57. The van der Waals surface area contributed by atoms with Crippen LogP contribution in [0.5, 0.6) is 0 Å². The van der Waals surface area contributed by atoms with Crippen LogP contribution in [-0.2, 0) is 9.53 Å². The molecule has 20 heavy (non-hydrogen) atoms. The summed E-state index contributed by atoms with van der Waals surface area (Å²) in [6, 6.07) is 5.12. The lowest BCUT2D eigenvalue weighted by Gasteiger charge is -2.14. The van der Waals surface area contributed by atoms with Crippen LogP contribution in [0.3, 0.4) is 0 Å². The zero-order valence-electron chi connectivity index (χ0n) is 12.2. The minimum absolute atomic E-state index is 0.290. The number of hydrogen-bond acceptors (Lipinski definition) is 4. The lowest BCUT2D eigenvalue weighted by atomic mass is 10.1. The summed E-state index contributed by atoms with van der Waals surface area (Å²) >= 11 is 0. The number of ether oxygens (including phenoxy) is 1. The van der Waals surface area contributed by atoms with Gasteiger partial charge in [0.2, 0.25) is 0 Å². The van der Waals surface area contributed by atoms with Gasteiger partial charge in [-0.2, -0.15) is 0 Å². The van der Waals surface area contributed by atoms with Gasteiger partial charge in [-0.3, -0.25) is 4.79 Å². The lowest BCUT2D eigenvalue weighted by Crippen LogP contribution is -2.36. The monoisotopic (exact) mass is 278 g/mol. The lowest BCUT2D eigenvalue weighted by molar-refractivity contribution is -0.129. The van der Waals surface area contributed by atoms with Crippen LogP contribution < -0.4 is 11.1 Å². The van der Waals surface area contributed by atoms with Crippen molar-refractivity contribution in [1.82, 2.24) is 5.32 Å². The highest BCUT2D eigenvalue weighted by Gasteiger charge is 2.19. The summed E-state index contributed by atoms with van der Waals surface area (Å²) in [6.07, 6.45) is 1.06. The molecule has 0 fully saturated rings. The molecule has 3 N–H and O–H groups in total. The molecule has 1 aromatic carbocycles. The Bertz CT molecular complexity index is 486. The third-order valence-corrected chi connectivity index (χ3v) is 2.91. The fraction of sp³-hybridized carbons (Fsp3) is 0.467. The molecule has 1 rings (SSSR count). The number of amides is 1. The number of nitrogen functional groups attached to an aromatic ring is 1. The number of nitrogens with one attached hydrogen (secondary N) is 1. The van der Waals surface area contributed by atoms with Crippen LogP contribution in [0, 0.1) is 6.92 Å². The molecule has 5 heteroatoms. The largest absolute Gasteiger partial charge is 0.449 e. The Morgan fingerprint density at radius 2 is 2.10 bits per heavy atom. The van der Waals surface area contributed by atoms with Crippen molar-refractivity contribution in [2.75, 3.05) is 12.3 Å². The Morgan fingerprint density at radius 3 is 2.75 bits per heavy atom. The molecular weight excluding hydrogens is 256 g/mol. The van der Waals surface area contributed by atoms with Gasteiger partial charge in [-0.1, -0.05) is 25.0 Å². The molecule has 0 bridgehead atoms. The quantitative estimate of drug-likeness (QED) is 0.474. The predicted octanol–water partition coefficient (Wildman–Crippen LogP) is 2.04. The molecule has 0 aliphatic carbocycles. The smallest absolute Gasteiger partial charge is 0.341 e. The number of carbonyl (C=O) groups excluding carboxylic acids is 2. The number of hydrogen-bond donors (Lipinski definition) is 2. The molecule has 0 saturated carbocycles. The number of aryl methyl sites for hydroxylation is 1. The summed E-state index contributed by atoms with van der Waals surface area (Å²) in [6.45, 7) is 6.03. The summed E-state index contributed by atoms with van der Waals surface area (Å²) in [5.41, 5.74) is 7.28. The maximum Gasteiger partial charge on any atom is 0.341 e. The number of nitrogens with two attached hydrogens (primary N) is 1. The van der Waals surface area contributed by atoms with Gasteiger partial charge in [0.05, 0.1) is 5.56 Å². The van der Waals surface area contributed by atoms with Crippen LogP contribution in [-0.4, -0.2) is 24.5 Å². The van der Waals surface area contributed by atoms with Crippen molar-refractivity contribution >= 4 is 17.6 Å². The van der Waals surface area contributed by atoms with Crippen molar-refractivity contribution in [1.29, 1.82) is 0 Å². The predicted molar refractivity (Wildman–Crippen MR) is 78.4 cm³/mol.